The van der Waals surface area contributed by atoms with Gasteiger partial charge >= 0.3 is 0 Å². The van der Waals surface area contributed by atoms with E-state index in [1.54, 1.807) is 18.5 Å². The van der Waals surface area contributed by atoms with Crippen molar-refractivity contribution in [3.63, 3.8) is 0 Å². The predicted molar refractivity (Wildman–Crippen MR) is 64.0 cm³/mol. The maximum Gasteiger partial charge on any atom is 0.178 e. The van der Waals surface area contributed by atoms with Crippen molar-refractivity contribution in [2.45, 2.75) is 26.2 Å². The van der Waals surface area contributed by atoms with Crippen LogP contribution in [0.2, 0.25) is 0 Å². The van der Waals surface area contributed by atoms with E-state index in [0.717, 1.165) is 5.69 Å². The number of nitrogens with zero attached hydrogens (tertiary/aromatic N) is 3. The van der Waals surface area contributed by atoms with Crippen LogP contribution >= 0.6 is 0 Å². The van der Waals surface area contributed by atoms with Crippen molar-refractivity contribution in [3.05, 3.63) is 42.4 Å². The summed E-state index contributed by atoms with van der Waals surface area (Å²) in [5.41, 5.74) is 2.19. The maximum atomic E-state index is 4.30. The summed E-state index contributed by atoms with van der Waals surface area (Å²) in [6, 6.07) is 5.89. The lowest BCUT2D eigenvalue weighted by Crippen LogP contribution is -2.11. The summed E-state index contributed by atoms with van der Waals surface area (Å²) in [6.45, 7) is 6.54. The summed E-state index contributed by atoms with van der Waals surface area (Å²) < 4.78 is 0. The molecule has 2 aromatic heterocycles. The summed E-state index contributed by atoms with van der Waals surface area (Å²) in [5, 5.41) is 0. The minimum atomic E-state index is 0.118. The third kappa shape index (κ3) is 2.24. The lowest BCUT2D eigenvalue weighted by atomic mass is 9.87. The van der Waals surface area contributed by atoms with Crippen molar-refractivity contribution >= 4 is 0 Å². The Labute approximate surface area is 95.6 Å². The molecule has 0 saturated carbocycles. The van der Waals surface area contributed by atoms with E-state index in [1.807, 2.05) is 12.3 Å². The van der Waals surface area contributed by atoms with Crippen LogP contribution in [-0.4, -0.2) is 15.0 Å². The van der Waals surface area contributed by atoms with Crippen LogP contribution in [0.4, 0.5) is 0 Å². The normalized spacial score (nSPS) is 11.4. The molecule has 0 radical (unpaired) electrons. The van der Waals surface area contributed by atoms with Gasteiger partial charge in [-0.1, -0.05) is 20.8 Å². The Morgan fingerprint density at radius 2 is 1.62 bits per heavy atom. The van der Waals surface area contributed by atoms with Gasteiger partial charge in [0.2, 0.25) is 0 Å². The molecule has 82 valence electrons. The van der Waals surface area contributed by atoms with E-state index in [1.165, 1.54) is 5.56 Å². The average Bonchev–Trinajstić information content (AvgIpc) is 2.29. The molecule has 0 unspecified atom stereocenters. The highest BCUT2D eigenvalue weighted by Crippen LogP contribution is 2.24. The van der Waals surface area contributed by atoms with Crippen molar-refractivity contribution in [2.75, 3.05) is 0 Å². The first-order valence-electron chi connectivity index (χ1n) is 5.31. The zero-order chi connectivity index (χ0) is 11.6. The van der Waals surface area contributed by atoms with E-state index in [4.69, 9.17) is 0 Å². The van der Waals surface area contributed by atoms with E-state index in [0.29, 0.717) is 5.82 Å². The summed E-state index contributed by atoms with van der Waals surface area (Å²) in [7, 11) is 0. The zero-order valence-electron chi connectivity index (χ0n) is 9.81. The van der Waals surface area contributed by atoms with Crippen LogP contribution in [0.5, 0.6) is 0 Å². The van der Waals surface area contributed by atoms with Crippen molar-refractivity contribution in [1.82, 2.24) is 15.0 Å². The molecule has 0 spiro atoms. The molecule has 16 heavy (non-hydrogen) atoms. The highest BCUT2D eigenvalue weighted by Gasteiger charge is 2.14. The summed E-state index contributed by atoms with van der Waals surface area (Å²) in [4.78, 5) is 12.7. The van der Waals surface area contributed by atoms with Crippen LogP contribution in [0.25, 0.3) is 11.5 Å². The fraction of sp³-hybridized carbons (Fsp3) is 0.308. The molecular formula is C13H15N3. The Bertz CT molecular complexity index is 472. The van der Waals surface area contributed by atoms with E-state index < -0.39 is 0 Å². The number of aromatic nitrogens is 3. The van der Waals surface area contributed by atoms with Gasteiger partial charge in [0, 0.05) is 18.6 Å². The second-order valence-electron chi connectivity index (χ2n) is 4.75. The average molecular weight is 213 g/mol. The quantitative estimate of drug-likeness (QED) is 0.731. The van der Waals surface area contributed by atoms with Gasteiger partial charge in [-0.15, -0.1) is 0 Å². The fourth-order valence-corrected chi connectivity index (χ4v) is 1.45. The lowest BCUT2D eigenvalue weighted by Gasteiger charge is -2.19. The summed E-state index contributed by atoms with van der Waals surface area (Å²) >= 11 is 0. The highest BCUT2D eigenvalue weighted by molar-refractivity contribution is 5.50. The van der Waals surface area contributed by atoms with Gasteiger partial charge in [0.15, 0.2) is 5.82 Å². The third-order valence-electron chi connectivity index (χ3n) is 2.42. The van der Waals surface area contributed by atoms with Gasteiger partial charge in [0.05, 0.1) is 0 Å². The van der Waals surface area contributed by atoms with Crippen LogP contribution in [0, 0.1) is 0 Å². The second kappa shape index (κ2) is 4.00. The molecule has 0 fully saturated rings. The standard InChI is InChI=1S/C13H15N3/c1-13(2,3)10-5-8-14-11(9-10)12-15-6-4-7-16-12/h4-9H,1-3H3. The molecule has 2 aromatic rings. The van der Waals surface area contributed by atoms with Gasteiger partial charge in [-0.3, -0.25) is 4.98 Å². The first-order chi connectivity index (χ1) is 7.57. The SMILES string of the molecule is CC(C)(C)c1ccnc(-c2ncccn2)c1. The molecule has 0 bridgehead atoms. The Morgan fingerprint density at radius 1 is 0.938 bits per heavy atom. The molecule has 0 aliphatic rings. The van der Waals surface area contributed by atoms with Crippen LogP contribution in [0.15, 0.2) is 36.8 Å². The Kier molecular flexibility index (Phi) is 2.69. The largest absolute Gasteiger partial charge is 0.253 e. The number of pyridine rings is 1. The maximum absolute atomic E-state index is 4.30. The monoisotopic (exact) mass is 213 g/mol. The number of hydrogen-bond acceptors (Lipinski definition) is 3. The Hall–Kier alpha value is -1.77. The van der Waals surface area contributed by atoms with Gasteiger partial charge in [0.1, 0.15) is 5.69 Å². The van der Waals surface area contributed by atoms with Crippen molar-refractivity contribution in [3.8, 4) is 11.5 Å². The molecule has 0 aromatic carbocycles. The summed E-state index contributed by atoms with van der Waals surface area (Å²) in [5.74, 6) is 0.675. The van der Waals surface area contributed by atoms with Gasteiger partial charge < -0.3 is 0 Å². The van der Waals surface area contributed by atoms with E-state index >= 15 is 0 Å². The smallest absolute Gasteiger partial charge is 0.178 e. The Morgan fingerprint density at radius 3 is 2.25 bits per heavy atom. The van der Waals surface area contributed by atoms with Crippen molar-refractivity contribution in [1.29, 1.82) is 0 Å². The van der Waals surface area contributed by atoms with Crippen LogP contribution < -0.4 is 0 Å². The first kappa shape index (κ1) is 10.7. The Balaban J connectivity index is 2.45. The van der Waals surface area contributed by atoms with E-state index in [9.17, 15) is 0 Å². The van der Waals surface area contributed by atoms with Gasteiger partial charge in [-0.2, -0.15) is 0 Å². The first-order valence-corrected chi connectivity index (χ1v) is 5.31. The lowest BCUT2D eigenvalue weighted by molar-refractivity contribution is 0.589. The molecule has 0 aliphatic carbocycles. The molecule has 0 saturated heterocycles. The molecule has 0 N–H and O–H groups in total. The molecule has 0 aliphatic heterocycles. The third-order valence-corrected chi connectivity index (χ3v) is 2.42. The van der Waals surface area contributed by atoms with Crippen molar-refractivity contribution in [2.24, 2.45) is 0 Å². The minimum absolute atomic E-state index is 0.118. The molecule has 0 atom stereocenters. The van der Waals surface area contributed by atoms with Crippen LogP contribution in [0.3, 0.4) is 0 Å². The van der Waals surface area contributed by atoms with Crippen LogP contribution in [-0.2, 0) is 5.41 Å². The molecule has 2 heterocycles. The molecule has 0 amide bonds. The van der Waals surface area contributed by atoms with Gasteiger partial charge in [0.25, 0.3) is 0 Å². The second-order valence-corrected chi connectivity index (χ2v) is 4.75. The number of hydrogen-bond donors (Lipinski definition) is 0. The predicted octanol–water partition coefficient (Wildman–Crippen LogP) is 2.84. The topological polar surface area (TPSA) is 38.7 Å². The molecule has 3 nitrogen and oxygen atoms in total. The number of rotatable bonds is 1. The molecule has 3 heteroatoms. The van der Waals surface area contributed by atoms with Gasteiger partial charge in [-0.25, -0.2) is 9.97 Å². The minimum Gasteiger partial charge on any atom is -0.253 e. The summed E-state index contributed by atoms with van der Waals surface area (Å²) in [6.07, 6.45) is 5.27. The fourth-order valence-electron chi connectivity index (χ4n) is 1.45. The zero-order valence-corrected chi connectivity index (χ0v) is 9.81. The van der Waals surface area contributed by atoms with Crippen LogP contribution in [0.1, 0.15) is 26.3 Å². The highest BCUT2D eigenvalue weighted by atomic mass is 14.9. The van der Waals surface area contributed by atoms with E-state index in [-0.39, 0.29) is 5.41 Å². The van der Waals surface area contributed by atoms with E-state index in [2.05, 4.69) is 41.8 Å². The molecule has 2 rings (SSSR count). The van der Waals surface area contributed by atoms with Crippen molar-refractivity contribution < 1.29 is 0 Å². The molecular weight excluding hydrogens is 198 g/mol. The van der Waals surface area contributed by atoms with Gasteiger partial charge in [-0.05, 0) is 29.2 Å².